The molecule has 2 aromatic rings. The molecule has 0 saturated heterocycles. The van der Waals surface area contributed by atoms with Gasteiger partial charge in [-0.05, 0) is 23.8 Å². The van der Waals surface area contributed by atoms with E-state index >= 15 is 0 Å². The third-order valence-corrected chi connectivity index (χ3v) is 2.59. The van der Waals surface area contributed by atoms with E-state index in [2.05, 4.69) is 4.74 Å². The van der Waals surface area contributed by atoms with Crippen molar-refractivity contribution in [3.8, 4) is 0 Å². The van der Waals surface area contributed by atoms with Gasteiger partial charge in [-0.1, -0.05) is 6.07 Å². The summed E-state index contributed by atoms with van der Waals surface area (Å²) in [6.45, 7) is 0. The Hall–Kier alpha value is -1.48. The fraction of sp³-hybridized carbons (Fsp3) is 0.182. The van der Waals surface area contributed by atoms with Crippen LogP contribution in [0.5, 0.6) is 0 Å². The Morgan fingerprint density at radius 3 is 2.93 bits per heavy atom. The molecule has 2 rings (SSSR count). The number of hydrogen-bond donors (Lipinski definition) is 0. The van der Waals surface area contributed by atoms with Crippen molar-refractivity contribution >= 4 is 28.6 Å². The molecule has 1 heterocycles. The average Bonchev–Trinajstić information content (AvgIpc) is 2.70. The maximum atomic E-state index is 11.4. The molecule has 4 heteroatoms. The van der Waals surface area contributed by atoms with Crippen LogP contribution in [-0.4, -0.2) is 17.8 Å². The van der Waals surface area contributed by atoms with Crippen molar-refractivity contribution in [2.24, 2.45) is 0 Å². The highest BCUT2D eigenvalue weighted by Crippen LogP contribution is 2.18. The largest absolute Gasteiger partial charge is 0.452 e. The molecule has 0 unspecified atom stereocenters. The summed E-state index contributed by atoms with van der Waals surface area (Å²) in [5, 5.41) is 0.985. The van der Waals surface area contributed by atoms with Crippen molar-refractivity contribution in [1.29, 1.82) is 0 Å². The molecule has 0 N–H and O–H groups in total. The Bertz CT molecular complexity index is 504. The van der Waals surface area contributed by atoms with E-state index in [9.17, 15) is 4.79 Å². The SMILES string of the molecule is COC(=O)n1ccc2cc(CCl)ccc21. The maximum absolute atomic E-state index is 11.4. The van der Waals surface area contributed by atoms with E-state index in [0.717, 1.165) is 16.5 Å². The van der Waals surface area contributed by atoms with Gasteiger partial charge >= 0.3 is 6.09 Å². The van der Waals surface area contributed by atoms with Crippen LogP contribution in [0, 0.1) is 0 Å². The Morgan fingerprint density at radius 1 is 1.47 bits per heavy atom. The molecule has 0 radical (unpaired) electrons. The number of halogens is 1. The lowest BCUT2D eigenvalue weighted by molar-refractivity contribution is 0.174. The smallest absolute Gasteiger partial charge is 0.418 e. The van der Waals surface area contributed by atoms with Crippen molar-refractivity contribution < 1.29 is 9.53 Å². The number of hydrogen-bond acceptors (Lipinski definition) is 2. The van der Waals surface area contributed by atoms with Crippen molar-refractivity contribution in [3.63, 3.8) is 0 Å². The van der Waals surface area contributed by atoms with Gasteiger partial charge in [-0.3, -0.25) is 4.57 Å². The predicted octanol–water partition coefficient (Wildman–Crippen LogP) is 2.99. The minimum atomic E-state index is -0.386. The minimum Gasteiger partial charge on any atom is -0.452 e. The molecule has 3 nitrogen and oxygen atoms in total. The van der Waals surface area contributed by atoms with E-state index in [1.54, 1.807) is 6.20 Å². The first-order chi connectivity index (χ1) is 7.26. The Labute approximate surface area is 92.2 Å². The van der Waals surface area contributed by atoms with Crippen LogP contribution in [0.15, 0.2) is 30.5 Å². The molecule has 0 fully saturated rings. The van der Waals surface area contributed by atoms with Gasteiger partial charge in [0.15, 0.2) is 0 Å². The summed E-state index contributed by atoms with van der Waals surface area (Å²) >= 11 is 5.73. The highest BCUT2D eigenvalue weighted by atomic mass is 35.5. The molecule has 0 aliphatic rings. The fourth-order valence-electron chi connectivity index (χ4n) is 1.53. The molecule has 0 saturated carbocycles. The number of alkyl halides is 1. The quantitative estimate of drug-likeness (QED) is 0.696. The van der Waals surface area contributed by atoms with Gasteiger partial charge in [0.2, 0.25) is 0 Å². The van der Waals surface area contributed by atoms with Gasteiger partial charge in [0.25, 0.3) is 0 Å². The first kappa shape index (κ1) is 10.1. The lowest BCUT2D eigenvalue weighted by atomic mass is 10.2. The number of rotatable bonds is 1. The van der Waals surface area contributed by atoms with Crippen molar-refractivity contribution in [1.82, 2.24) is 4.57 Å². The lowest BCUT2D eigenvalue weighted by Gasteiger charge is -2.02. The highest BCUT2D eigenvalue weighted by Gasteiger charge is 2.08. The number of methoxy groups -OCH3 is 1. The number of nitrogens with zero attached hydrogens (tertiary/aromatic N) is 1. The normalized spacial score (nSPS) is 10.5. The second-order valence-electron chi connectivity index (χ2n) is 3.18. The van der Waals surface area contributed by atoms with Gasteiger partial charge < -0.3 is 4.74 Å². The van der Waals surface area contributed by atoms with E-state index in [1.165, 1.54) is 11.7 Å². The second kappa shape index (κ2) is 3.95. The summed E-state index contributed by atoms with van der Waals surface area (Å²) in [6, 6.07) is 7.59. The zero-order valence-electron chi connectivity index (χ0n) is 8.24. The van der Waals surface area contributed by atoms with E-state index < -0.39 is 0 Å². The Balaban J connectivity index is 2.57. The molecule has 1 aromatic heterocycles. The lowest BCUT2D eigenvalue weighted by Crippen LogP contribution is -2.09. The molecule has 0 atom stereocenters. The molecule has 0 spiro atoms. The summed E-state index contributed by atoms with van der Waals surface area (Å²) in [4.78, 5) is 11.4. The highest BCUT2D eigenvalue weighted by molar-refractivity contribution is 6.17. The predicted molar refractivity (Wildman–Crippen MR) is 59.3 cm³/mol. The molecular formula is C11H10ClNO2. The van der Waals surface area contributed by atoms with Crippen molar-refractivity contribution in [2.75, 3.05) is 7.11 Å². The van der Waals surface area contributed by atoms with Gasteiger partial charge in [0.05, 0.1) is 12.6 Å². The summed E-state index contributed by atoms with van der Waals surface area (Å²) < 4.78 is 6.12. The molecule has 1 aromatic carbocycles. The van der Waals surface area contributed by atoms with Crippen molar-refractivity contribution in [2.45, 2.75) is 5.88 Å². The number of carbonyl (C=O) groups excluding carboxylic acids is 1. The number of ether oxygens (including phenoxy) is 1. The zero-order chi connectivity index (χ0) is 10.8. The van der Waals surface area contributed by atoms with Gasteiger partial charge in [-0.25, -0.2) is 4.79 Å². The molecule has 0 amide bonds. The second-order valence-corrected chi connectivity index (χ2v) is 3.45. The van der Waals surface area contributed by atoms with Gasteiger partial charge in [0.1, 0.15) is 0 Å². The third kappa shape index (κ3) is 1.70. The van der Waals surface area contributed by atoms with Crippen LogP contribution in [-0.2, 0) is 10.6 Å². The summed E-state index contributed by atoms with van der Waals surface area (Å²) in [6.07, 6.45) is 1.30. The van der Waals surface area contributed by atoms with E-state index in [-0.39, 0.29) is 6.09 Å². The summed E-state index contributed by atoms with van der Waals surface area (Å²) in [5.74, 6) is 0.472. The van der Waals surface area contributed by atoms with E-state index in [4.69, 9.17) is 11.6 Å². The van der Waals surface area contributed by atoms with Crippen LogP contribution in [0.2, 0.25) is 0 Å². The Morgan fingerprint density at radius 2 is 2.27 bits per heavy atom. The molecule has 78 valence electrons. The topological polar surface area (TPSA) is 31.2 Å². The monoisotopic (exact) mass is 223 g/mol. The van der Waals surface area contributed by atoms with E-state index in [1.807, 2.05) is 24.3 Å². The number of fused-ring (bicyclic) bond motifs is 1. The van der Waals surface area contributed by atoms with Crippen LogP contribution in [0.25, 0.3) is 10.9 Å². The molecular weight excluding hydrogens is 214 g/mol. The first-order valence-electron chi connectivity index (χ1n) is 4.50. The third-order valence-electron chi connectivity index (χ3n) is 2.28. The summed E-state index contributed by atoms with van der Waals surface area (Å²) in [5.41, 5.74) is 1.86. The molecule has 0 bridgehead atoms. The number of benzene rings is 1. The molecule has 0 aliphatic heterocycles. The average molecular weight is 224 g/mol. The molecule has 15 heavy (non-hydrogen) atoms. The number of aromatic nitrogens is 1. The van der Waals surface area contributed by atoms with Gasteiger partial charge in [-0.15, -0.1) is 11.6 Å². The maximum Gasteiger partial charge on any atom is 0.418 e. The van der Waals surface area contributed by atoms with Crippen LogP contribution in [0.3, 0.4) is 0 Å². The van der Waals surface area contributed by atoms with Crippen LogP contribution >= 0.6 is 11.6 Å². The summed E-state index contributed by atoms with van der Waals surface area (Å²) in [7, 11) is 1.36. The minimum absolute atomic E-state index is 0.386. The van der Waals surface area contributed by atoms with Crippen molar-refractivity contribution in [3.05, 3.63) is 36.0 Å². The van der Waals surface area contributed by atoms with Crippen LogP contribution in [0.1, 0.15) is 5.56 Å². The van der Waals surface area contributed by atoms with Crippen LogP contribution < -0.4 is 0 Å². The van der Waals surface area contributed by atoms with Crippen LogP contribution in [0.4, 0.5) is 4.79 Å². The molecule has 0 aliphatic carbocycles. The van der Waals surface area contributed by atoms with E-state index in [0.29, 0.717) is 5.88 Å². The van der Waals surface area contributed by atoms with Gasteiger partial charge in [-0.2, -0.15) is 0 Å². The standard InChI is InChI=1S/C11H10ClNO2/c1-15-11(14)13-5-4-9-6-8(7-12)2-3-10(9)13/h2-6H,7H2,1H3. The Kier molecular flexibility index (Phi) is 2.64. The first-order valence-corrected chi connectivity index (χ1v) is 5.04. The van der Waals surface area contributed by atoms with Gasteiger partial charge in [0, 0.05) is 17.5 Å². The zero-order valence-corrected chi connectivity index (χ0v) is 8.99. The number of carbonyl (C=O) groups is 1. The fourth-order valence-corrected chi connectivity index (χ4v) is 1.70.